The lowest BCUT2D eigenvalue weighted by molar-refractivity contribution is 0.0508. The van der Waals surface area contributed by atoms with Gasteiger partial charge in [0.2, 0.25) is 0 Å². The number of anilines is 1. The summed E-state index contributed by atoms with van der Waals surface area (Å²) in [7, 11) is 4.80. The first-order chi connectivity index (χ1) is 14.1. The van der Waals surface area contributed by atoms with Crippen molar-refractivity contribution in [3.05, 3.63) is 48.0 Å². The summed E-state index contributed by atoms with van der Waals surface area (Å²) in [6.07, 6.45) is 1.68. The molecule has 1 saturated heterocycles. The van der Waals surface area contributed by atoms with Crippen LogP contribution in [0.2, 0.25) is 0 Å². The fourth-order valence-corrected chi connectivity index (χ4v) is 3.58. The van der Waals surface area contributed by atoms with Crippen molar-refractivity contribution in [2.24, 2.45) is 0 Å². The summed E-state index contributed by atoms with van der Waals surface area (Å²) in [5.41, 5.74) is 1.60. The Bertz CT molecular complexity index is 794. The Kier molecular flexibility index (Phi) is 6.82. The van der Waals surface area contributed by atoms with Gasteiger partial charge in [0.25, 0.3) is 0 Å². The van der Waals surface area contributed by atoms with E-state index in [1.165, 1.54) is 5.56 Å². The summed E-state index contributed by atoms with van der Waals surface area (Å²) in [5.74, 6) is 2.03. The van der Waals surface area contributed by atoms with Crippen LogP contribution in [-0.2, 0) is 10.2 Å². The van der Waals surface area contributed by atoms with E-state index in [0.29, 0.717) is 36.9 Å². The van der Waals surface area contributed by atoms with Crippen LogP contribution in [-0.4, -0.2) is 47.1 Å². The number of nitrogens with one attached hydrogen (secondary N) is 2. The van der Waals surface area contributed by atoms with Crippen molar-refractivity contribution in [3.63, 3.8) is 0 Å². The van der Waals surface area contributed by atoms with Crippen molar-refractivity contribution in [2.75, 3.05) is 46.4 Å². The maximum absolute atomic E-state index is 12.6. The normalized spacial score (nSPS) is 15.3. The van der Waals surface area contributed by atoms with Crippen molar-refractivity contribution < 1.29 is 23.7 Å². The van der Waals surface area contributed by atoms with E-state index < -0.39 is 0 Å². The molecule has 2 amide bonds. The first kappa shape index (κ1) is 20.8. The molecule has 0 saturated carbocycles. The van der Waals surface area contributed by atoms with Gasteiger partial charge in [-0.2, -0.15) is 0 Å². The molecule has 0 atom stereocenters. The Morgan fingerprint density at radius 2 is 1.52 bits per heavy atom. The van der Waals surface area contributed by atoms with Crippen molar-refractivity contribution in [1.82, 2.24) is 5.32 Å². The molecule has 1 aliphatic rings. The fraction of sp³-hybridized carbons (Fsp3) is 0.409. The Labute approximate surface area is 171 Å². The van der Waals surface area contributed by atoms with E-state index in [1.807, 2.05) is 12.1 Å². The minimum absolute atomic E-state index is 0.173. The number of urea groups is 1. The molecule has 1 fully saturated rings. The minimum atomic E-state index is -0.278. The van der Waals surface area contributed by atoms with Gasteiger partial charge in [-0.25, -0.2) is 4.79 Å². The van der Waals surface area contributed by atoms with Crippen molar-refractivity contribution in [2.45, 2.75) is 18.3 Å². The molecule has 7 heteroatoms. The van der Waals surface area contributed by atoms with Crippen LogP contribution in [0, 0.1) is 0 Å². The first-order valence-corrected chi connectivity index (χ1v) is 9.59. The van der Waals surface area contributed by atoms with Crippen LogP contribution in [0.15, 0.2) is 42.5 Å². The second kappa shape index (κ2) is 9.52. The third kappa shape index (κ3) is 5.12. The Hall–Kier alpha value is -2.93. The van der Waals surface area contributed by atoms with E-state index in [-0.39, 0.29) is 11.4 Å². The number of rotatable bonds is 7. The molecule has 2 aromatic rings. The number of carbonyl (C=O) groups is 1. The van der Waals surface area contributed by atoms with Crippen molar-refractivity contribution in [1.29, 1.82) is 0 Å². The molecular formula is C22H28N2O5. The molecule has 0 bridgehead atoms. The van der Waals surface area contributed by atoms with Gasteiger partial charge in [0, 0.05) is 49.1 Å². The molecule has 0 radical (unpaired) electrons. The summed E-state index contributed by atoms with van der Waals surface area (Å²) in [5, 5.41) is 5.88. The molecule has 0 aliphatic carbocycles. The van der Waals surface area contributed by atoms with Gasteiger partial charge < -0.3 is 29.6 Å². The highest BCUT2D eigenvalue weighted by Crippen LogP contribution is 2.35. The van der Waals surface area contributed by atoms with E-state index in [1.54, 1.807) is 39.5 Å². The van der Waals surface area contributed by atoms with E-state index in [9.17, 15) is 4.79 Å². The average Bonchev–Trinajstić information content (AvgIpc) is 2.78. The van der Waals surface area contributed by atoms with Crippen LogP contribution >= 0.6 is 0 Å². The second-order valence-electron chi connectivity index (χ2n) is 7.03. The quantitative estimate of drug-likeness (QED) is 0.743. The molecule has 0 spiro atoms. The van der Waals surface area contributed by atoms with Gasteiger partial charge >= 0.3 is 6.03 Å². The van der Waals surface area contributed by atoms with E-state index in [2.05, 4.69) is 22.8 Å². The average molecular weight is 400 g/mol. The van der Waals surface area contributed by atoms with Gasteiger partial charge in [-0.3, -0.25) is 0 Å². The van der Waals surface area contributed by atoms with E-state index in [4.69, 9.17) is 18.9 Å². The van der Waals surface area contributed by atoms with Crippen LogP contribution in [0.5, 0.6) is 17.2 Å². The van der Waals surface area contributed by atoms with Gasteiger partial charge in [-0.05, 0) is 30.5 Å². The van der Waals surface area contributed by atoms with Crippen LogP contribution in [0.1, 0.15) is 18.4 Å². The smallest absolute Gasteiger partial charge is 0.319 e. The van der Waals surface area contributed by atoms with Crippen LogP contribution in [0.3, 0.4) is 0 Å². The lowest BCUT2D eigenvalue weighted by Crippen LogP contribution is -2.45. The standard InChI is InChI=1S/C22H28N2O5/c1-26-18-6-4-16(5-7-18)22(8-10-29-11-9-22)15-23-21(25)24-17-12-19(27-2)14-20(13-17)28-3/h4-7,12-14H,8-11,15H2,1-3H3,(H2,23,24,25). The summed E-state index contributed by atoms with van der Waals surface area (Å²) in [6.45, 7) is 1.85. The van der Waals surface area contributed by atoms with E-state index >= 15 is 0 Å². The molecule has 29 heavy (non-hydrogen) atoms. The number of amides is 2. The van der Waals surface area contributed by atoms with Crippen molar-refractivity contribution >= 4 is 11.7 Å². The maximum atomic E-state index is 12.6. The number of ether oxygens (including phenoxy) is 4. The number of hydrogen-bond donors (Lipinski definition) is 2. The SMILES string of the molecule is COc1ccc(C2(CNC(=O)Nc3cc(OC)cc(OC)c3)CCOCC2)cc1. The van der Waals surface area contributed by atoms with Crippen LogP contribution < -0.4 is 24.8 Å². The summed E-state index contributed by atoms with van der Waals surface area (Å²) < 4.78 is 21.3. The maximum Gasteiger partial charge on any atom is 0.319 e. The third-order valence-corrected chi connectivity index (χ3v) is 5.35. The van der Waals surface area contributed by atoms with Gasteiger partial charge in [0.05, 0.1) is 21.3 Å². The van der Waals surface area contributed by atoms with Crippen molar-refractivity contribution in [3.8, 4) is 17.2 Å². The third-order valence-electron chi connectivity index (χ3n) is 5.35. The highest BCUT2D eigenvalue weighted by atomic mass is 16.5. The fourth-order valence-electron chi connectivity index (χ4n) is 3.58. The molecular weight excluding hydrogens is 372 g/mol. The topological polar surface area (TPSA) is 78.1 Å². The van der Waals surface area contributed by atoms with Gasteiger partial charge in [0.15, 0.2) is 0 Å². The lowest BCUT2D eigenvalue weighted by Gasteiger charge is -2.38. The summed E-state index contributed by atoms with van der Waals surface area (Å²) in [6, 6.07) is 13.0. The molecule has 1 heterocycles. The number of hydrogen-bond acceptors (Lipinski definition) is 5. The number of benzene rings is 2. The van der Waals surface area contributed by atoms with Gasteiger partial charge in [-0.15, -0.1) is 0 Å². The summed E-state index contributed by atoms with van der Waals surface area (Å²) >= 11 is 0. The molecule has 0 aromatic heterocycles. The molecule has 2 N–H and O–H groups in total. The Morgan fingerprint density at radius 3 is 2.07 bits per heavy atom. The molecule has 2 aromatic carbocycles. The Balaban J connectivity index is 1.70. The summed E-state index contributed by atoms with van der Waals surface area (Å²) in [4.78, 5) is 12.6. The number of carbonyl (C=O) groups excluding carboxylic acids is 1. The van der Waals surface area contributed by atoms with Gasteiger partial charge in [-0.1, -0.05) is 12.1 Å². The monoisotopic (exact) mass is 400 g/mol. The lowest BCUT2D eigenvalue weighted by atomic mass is 9.74. The Morgan fingerprint density at radius 1 is 0.931 bits per heavy atom. The highest BCUT2D eigenvalue weighted by Gasteiger charge is 2.35. The molecule has 3 rings (SSSR count). The molecule has 7 nitrogen and oxygen atoms in total. The zero-order valence-electron chi connectivity index (χ0n) is 17.1. The molecule has 156 valence electrons. The predicted molar refractivity (Wildman–Crippen MR) is 111 cm³/mol. The largest absolute Gasteiger partial charge is 0.497 e. The molecule has 0 unspecified atom stereocenters. The van der Waals surface area contributed by atoms with Crippen LogP contribution in [0.4, 0.5) is 10.5 Å². The number of methoxy groups -OCH3 is 3. The van der Waals surface area contributed by atoms with Crippen LogP contribution in [0.25, 0.3) is 0 Å². The van der Waals surface area contributed by atoms with E-state index in [0.717, 1.165) is 18.6 Å². The molecule has 1 aliphatic heterocycles. The van der Waals surface area contributed by atoms with Gasteiger partial charge in [0.1, 0.15) is 17.2 Å². The second-order valence-corrected chi connectivity index (χ2v) is 7.03. The highest BCUT2D eigenvalue weighted by molar-refractivity contribution is 5.89. The first-order valence-electron chi connectivity index (χ1n) is 9.59. The predicted octanol–water partition coefficient (Wildman–Crippen LogP) is 3.58. The zero-order chi connectivity index (χ0) is 20.7. The minimum Gasteiger partial charge on any atom is -0.497 e. The zero-order valence-corrected chi connectivity index (χ0v) is 17.1.